The van der Waals surface area contributed by atoms with Gasteiger partial charge in [-0.2, -0.15) is 0 Å². The fourth-order valence-electron chi connectivity index (χ4n) is 5.45. The molecule has 3 aromatic rings. The number of hydrogen-bond donors (Lipinski definition) is 5. The first-order chi connectivity index (χ1) is 20.2. The van der Waals surface area contributed by atoms with E-state index in [1.807, 2.05) is 73.3 Å². The number of carbonyl (C=O) groups is 2. The average Bonchev–Trinajstić information content (AvgIpc) is 3.12. The summed E-state index contributed by atoms with van der Waals surface area (Å²) in [4.78, 5) is 28.9. The fraction of sp³-hybridized carbons (Fsp3) is 0.424. The highest BCUT2D eigenvalue weighted by molar-refractivity contribution is 6.31. The minimum absolute atomic E-state index is 0.0662. The lowest BCUT2D eigenvalue weighted by atomic mass is 9.95. The van der Waals surface area contributed by atoms with Crippen LogP contribution in [0.2, 0.25) is 5.02 Å². The molecule has 0 spiro atoms. The summed E-state index contributed by atoms with van der Waals surface area (Å²) in [5.74, 6) is 0.412. The van der Waals surface area contributed by atoms with Crippen molar-refractivity contribution in [3.63, 3.8) is 0 Å². The van der Waals surface area contributed by atoms with Crippen LogP contribution in [0.15, 0.2) is 66.7 Å². The van der Waals surface area contributed by atoms with Crippen LogP contribution in [-0.2, 0) is 4.79 Å². The van der Waals surface area contributed by atoms with E-state index in [4.69, 9.17) is 17.0 Å². The van der Waals surface area contributed by atoms with Gasteiger partial charge in [0.15, 0.2) is 5.96 Å². The number of fused-ring (bicyclic) bond motifs is 1. The van der Waals surface area contributed by atoms with Crippen LogP contribution in [0.5, 0.6) is 0 Å². The van der Waals surface area contributed by atoms with Crippen molar-refractivity contribution < 1.29 is 9.59 Å². The third-order valence-electron chi connectivity index (χ3n) is 7.74. The predicted molar refractivity (Wildman–Crippen MR) is 171 cm³/mol. The van der Waals surface area contributed by atoms with E-state index in [0.717, 1.165) is 23.6 Å². The molecule has 2 amide bonds. The highest BCUT2D eigenvalue weighted by atomic mass is 35.5. The van der Waals surface area contributed by atoms with Gasteiger partial charge in [0.2, 0.25) is 5.91 Å². The SMILES string of the molecule is CC[C@H](CN1CC[C@@H](CNC(=O)c2ccc3cc(Cl)ccc3c2)N[C@@H](CCNC(=N)NC(C)C)C1=O)c1ccccc1. The van der Waals surface area contributed by atoms with E-state index in [2.05, 4.69) is 40.3 Å². The topological polar surface area (TPSA) is 109 Å². The molecule has 5 N–H and O–H groups in total. The van der Waals surface area contributed by atoms with Gasteiger partial charge in [-0.15, -0.1) is 0 Å². The quantitative estimate of drug-likeness (QED) is 0.161. The van der Waals surface area contributed by atoms with Crippen molar-refractivity contribution in [1.82, 2.24) is 26.2 Å². The molecular formula is C33H43ClN6O2. The maximum absolute atomic E-state index is 13.8. The number of nitrogens with one attached hydrogen (secondary N) is 5. The second kappa shape index (κ2) is 15.0. The summed E-state index contributed by atoms with van der Waals surface area (Å²) in [7, 11) is 0. The Kier molecular flexibility index (Phi) is 11.2. The molecule has 1 fully saturated rings. The number of hydrogen-bond acceptors (Lipinski definition) is 4. The van der Waals surface area contributed by atoms with Crippen LogP contribution in [-0.4, -0.2) is 67.0 Å². The van der Waals surface area contributed by atoms with Crippen LogP contribution < -0.4 is 21.3 Å². The Morgan fingerprint density at radius 2 is 1.81 bits per heavy atom. The van der Waals surface area contributed by atoms with Gasteiger partial charge in [-0.3, -0.25) is 15.0 Å². The van der Waals surface area contributed by atoms with Crippen molar-refractivity contribution in [1.29, 1.82) is 5.41 Å². The molecule has 0 radical (unpaired) electrons. The van der Waals surface area contributed by atoms with E-state index < -0.39 is 6.04 Å². The standard InChI is InChI=1S/C33H43ClN6O2/c1-4-23(24-8-6-5-7-9-24)21-40-17-15-29(39-30(32(40)42)14-16-36-33(35)38-22(2)3)20-37-31(41)27-11-10-26-19-28(34)13-12-25(26)18-27/h5-13,18-19,22-23,29-30,39H,4,14-17,20-21H2,1-3H3,(H,37,41)(H3,35,36,38)/t23-,29+,30+/m1/s1. The zero-order valence-corrected chi connectivity index (χ0v) is 25.5. The van der Waals surface area contributed by atoms with Crippen LogP contribution in [0.1, 0.15) is 61.9 Å². The van der Waals surface area contributed by atoms with Crippen molar-refractivity contribution in [3.05, 3.63) is 82.9 Å². The Hall–Kier alpha value is -3.62. The Bertz CT molecular complexity index is 1370. The van der Waals surface area contributed by atoms with Crippen LogP contribution in [0.25, 0.3) is 10.8 Å². The molecule has 0 unspecified atom stereocenters. The zero-order valence-electron chi connectivity index (χ0n) is 24.8. The van der Waals surface area contributed by atoms with Gasteiger partial charge in [-0.25, -0.2) is 0 Å². The minimum atomic E-state index is -0.424. The molecule has 224 valence electrons. The minimum Gasteiger partial charge on any atom is -0.357 e. The summed E-state index contributed by atoms with van der Waals surface area (Å²) in [6, 6.07) is 21.2. The molecule has 1 saturated heterocycles. The first-order valence-corrected chi connectivity index (χ1v) is 15.3. The normalized spacial score (nSPS) is 18.0. The summed E-state index contributed by atoms with van der Waals surface area (Å²) in [5, 5.41) is 23.4. The Morgan fingerprint density at radius 1 is 1.07 bits per heavy atom. The number of benzene rings is 3. The van der Waals surface area contributed by atoms with Gasteiger partial charge in [0, 0.05) is 54.8 Å². The lowest BCUT2D eigenvalue weighted by Gasteiger charge is -2.28. The number of nitrogens with zero attached hydrogens (tertiary/aromatic N) is 1. The van der Waals surface area contributed by atoms with Gasteiger partial charge in [-0.05, 0) is 73.7 Å². The molecule has 3 atom stereocenters. The van der Waals surface area contributed by atoms with E-state index in [9.17, 15) is 9.59 Å². The molecule has 0 bridgehead atoms. The van der Waals surface area contributed by atoms with E-state index in [1.165, 1.54) is 5.56 Å². The second-order valence-electron chi connectivity index (χ2n) is 11.3. The van der Waals surface area contributed by atoms with Gasteiger partial charge in [0.05, 0.1) is 6.04 Å². The third-order valence-corrected chi connectivity index (χ3v) is 7.98. The van der Waals surface area contributed by atoms with E-state index in [0.29, 0.717) is 43.2 Å². The maximum Gasteiger partial charge on any atom is 0.251 e. The molecule has 8 nitrogen and oxygen atoms in total. The molecule has 1 heterocycles. The molecular weight excluding hydrogens is 548 g/mol. The molecule has 9 heteroatoms. The number of guanidine groups is 1. The molecule has 0 aliphatic carbocycles. The number of halogens is 1. The summed E-state index contributed by atoms with van der Waals surface area (Å²) < 4.78 is 0. The molecule has 3 aromatic carbocycles. The van der Waals surface area contributed by atoms with Crippen molar-refractivity contribution in [2.75, 3.05) is 26.2 Å². The number of rotatable bonds is 11. The average molecular weight is 591 g/mol. The fourth-order valence-corrected chi connectivity index (χ4v) is 5.63. The predicted octanol–water partition coefficient (Wildman–Crippen LogP) is 4.89. The molecule has 42 heavy (non-hydrogen) atoms. The van der Waals surface area contributed by atoms with Gasteiger partial charge in [0.25, 0.3) is 5.91 Å². The zero-order chi connectivity index (χ0) is 30.1. The monoisotopic (exact) mass is 590 g/mol. The summed E-state index contributed by atoms with van der Waals surface area (Å²) in [6.45, 7) is 8.26. The van der Waals surface area contributed by atoms with Crippen molar-refractivity contribution >= 4 is 40.1 Å². The first-order valence-electron chi connectivity index (χ1n) is 14.9. The van der Waals surface area contributed by atoms with Crippen LogP contribution >= 0.6 is 11.6 Å². The molecule has 4 rings (SSSR count). The Morgan fingerprint density at radius 3 is 2.55 bits per heavy atom. The highest BCUT2D eigenvalue weighted by Gasteiger charge is 2.32. The maximum atomic E-state index is 13.8. The van der Waals surface area contributed by atoms with Gasteiger partial charge in [0.1, 0.15) is 0 Å². The molecule has 1 aliphatic heterocycles. The lowest BCUT2D eigenvalue weighted by Crippen LogP contribution is -2.51. The summed E-state index contributed by atoms with van der Waals surface area (Å²) in [6.07, 6.45) is 2.18. The molecule has 0 aromatic heterocycles. The third kappa shape index (κ3) is 8.69. The van der Waals surface area contributed by atoms with Gasteiger partial charge in [-0.1, -0.05) is 61.0 Å². The first kappa shape index (κ1) is 31.3. The number of amides is 2. The van der Waals surface area contributed by atoms with Crippen molar-refractivity contribution in [2.24, 2.45) is 0 Å². The van der Waals surface area contributed by atoms with Gasteiger partial charge >= 0.3 is 0 Å². The van der Waals surface area contributed by atoms with Crippen LogP contribution in [0.3, 0.4) is 0 Å². The van der Waals surface area contributed by atoms with Crippen LogP contribution in [0.4, 0.5) is 0 Å². The van der Waals surface area contributed by atoms with E-state index >= 15 is 0 Å². The molecule has 1 aliphatic rings. The smallest absolute Gasteiger partial charge is 0.251 e. The second-order valence-corrected chi connectivity index (χ2v) is 11.7. The van der Waals surface area contributed by atoms with Crippen LogP contribution in [0, 0.1) is 5.41 Å². The van der Waals surface area contributed by atoms with Crippen molar-refractivity contribution in [2.45, 2.75) is 64.1 Å². The van der Waals surface area contributed by atoms with E-state index in [-0.39, 0.29) is 35.8 Å². The summed E-state index contributed by atoms with van der Waals surface area (Å²) in [5.41, 5.74) is 1.82. The Balaban J connectivity index is 1.43. The lowest BCUT2D eigenvalue weighted by molar-refractivity contribution is -0.133. The van der Waals surface area contributed by atoms with E-state index in [1.54, 1.807) is 0 Å². The van der Waals surface area contributed by atoms with Gasteiger partial charge < -0.3 is 26.2 Å². The Labute approximate surface area is 254 Å². The summed E-state index contributed by atoms with van der Waals surface area (Å²) >= 11 is 6.11. The largest absolute Gasteiger partial charge is 0.357 e. The highest BCUT2D eigenvalue weighted by Crippen LogP contribution is 2.23. The van der Waals surface area contributed by atoms with Crippen molar-refractivity contribution in [3.8, 4) is 0 Å². The molecule has 0 saturated carbocycles. The number of carbonyl (C=O) groups excluding carboxylic acids is 2.